The number of nitrogens with zero attached hydrogens (tertiary/aromatic N) is 2. The number of carbonyl (C=O) groups is 2. The van der Waals surface area contributed by atoms with Crippen molar-refractivity contribution >= 4 is 34.8 Å². The van der Waals surface area contributed by atoms with Crippen LogP contribution in [0, 0.1) is 5.92 Å². The highest BCUT2D eigenvalue weighted by Crippen LogP contribution is 2.23. The van der Waals surface area contributed by atoms with Gasteiger partial charge in [-0.2, -0.15) is 0 Å². The minimum atomic E-state index is -0.250. The van der Waals surface area contributed by atoms with E-state index in [1.807, 2.05) is 29.2 Å². The highest BCUT2D eigenvalue weighted by atomic mass is 35.5. The summed E-state index contributed by atoms with van der Waals surface area (Å²) >= 11 is 6.02. The fourth-order valence-corrected chi connectivity index (χ4v) is 3.54. The van der Waals surface area contributed by atoms with Crippen LogP contribution in [0.5, 0.6) is 5.75 Å². The summed E-state index contributed by atoms with van der Waals surface area (Å²) in [5.74, 6) is 0.853. The Labute approximate surface area is 182 Å². The first-order valence-electron chi connectivity index (χ1n) is 10.2. The van der Waals surface area contributed by atoms with Crippen LogP contribution in [0.4, 0.5) is 11.4 Å². The van der Waals surface area contributed by atoms with Crippen LogP contribution < -0.4 is 15.0 Å². The topological polar surface area (TPSA) is 61.9 Å². The van der Waals surface area contributed by atoms with E-state index < -0.39 is 0 Å². The highest BCUT2D eigenvalue weighted by molar-refractivity contribution is 6.32. The number of para-hydroxylation sites is 1. The van der Waals surface area contributed by atoms with E-state index in [0.29, 0.717) is 28.8 Å². The number of halogens is 1. The third kappa shape index (κ3) is 6.13. The lowest BCUT2D eigenvalue weighted by Gasteiger charge is -2.36. The highest BCUT2D eigenvalue weighted by Gasteiger charge is 2.21. The maximum absolute atomic E-state index is 12.2. The van der Waals surface area contributed by atoms with Crippen molar-refractivity contribution in [2.75, 3.05) is 43.0 Å². The fourth-order valence-electron chi connectivity index (χ4n) is 3.35. The summed E-state index contributed by atoms with van der Waals surface area (Å²) in [7, 11) is 0. The van der Waals surface area contributed by atoms with Crippen molar-refractivity contribution in [1.82, 2.24) is 4.90 Å². The average molecular weight is 430 g/mol. The molecule has 0 spiro atoms. The van der Waals surface area contributed by atoms with E-state index in [1.54, 1.807) is 24.3 Å². The molecule has 7 heteroatoms. The largest absolute Gasteiger partial charge is 0.482 e. The lowest BCUT2D eigenvalue weighted by atomic mass is 10.1. The maximum atomic E-state index is 12.2. The van der Waals surface area contributed by atoms with Crippen LogP contribution in [0.1, 0.15) is 20.3 Å². The van der Waals surface area contributed by atoms with Crippen molar-refractivity contribution in [2.45, 2.75) is 20.3 Å². The summed E-state index contributed by atoms with van der Waals surface area (Å²) in [4.78, 5) is 28.5. The Morgan fingerprint density at radius 3 is 2.33 bits per heavy atom. The fraction of sp³-hybridized carbons (Fsp3) is 0.391. The maximum Gasteiger partial charge on any atom is 0.262 e. The van der Waals surface area contributed by atoms with Gasteiger partial charge in [0.15, 0.2) is 6.61 Å². The molecule has 3 rings (SSSR count). The van der Waals surface area contributed by atoms with Gasteiger partial charge in [-0.15, -0.1) is 0 Å². The molecule has 2 aromatic rings. The zero-order valence-electron chi connectivity index (χ0n) is 17.4. The van der Waals surface area contributed by atoms with Gasteiger partial charge >= 0.3 is 0 Å². The smallest absolute Gasteiger partial charge is 0.262 e. The molecule has 160 valence electrons. The number of hydrogen-bond donors (Lipinski definition) is 1. The van der Waals surface area contributed by atoms with Crippen LogP contribution in [-0.4, -0.2) is 49.5 Å². The molecule has 2 amide bonds. The second-order valence-corrected chi connectivity index (χ2v) is 8.19. The number of benzene rings is 2. The van der Waals surface area contributed by atoms with Crippen molar-refractivity contribution < 1.29 is 14.3 Å². The van der Waals surface area contributed by atoms with Crippen molar-refractivity contribution in [3.05, 3.63) is 53.6 Å². The second-order valence-electron chi connectivity index (χ2n) is 7.78. The Morgan fingerprint density at radius 2 is 1.70 bits per heavy atom. The minimum absolute atomic E-state index is 0.113. The SMILES string of the molecule is CC(C)CC(=O)N1CCN(c2ccc(NC(=O)COc3ccccc3Cl)cc2)CC1. The Kier molecular flexibility index (Phi) is 7.57. The first-order valence-corrected chi connectivity index (χ1v) is 10.6. The van der Waals surface area contributed by atoms with Gasteiger partial charge in [-0.3, -0.25) is 9.59 Å². The minimum Gasteiger partial charge on any atom is -0.482 e. The Balaban J connectivity index is 1.46. The van der Waals surface area contributed by atoms with Gasteiger partial charge in [0, 0.05) is 44.0 Å². The normalized spacial score (nSPS) is 14.0. The number of rotatable bonds is 7. The van der Waals surface area contributed by atoms with Crippen molar-refractivity contribution in [1.29, 1.82) is 0 Å². The zero-order chi connectivity index (χ0) is 21.5. The third-order valence-corrected chi connectivity index (χ3v) is 5.24. The number of piperazine rings is 1. The summed E-state index contributed by atoms with van der Waals surface area (Å²) in [6.07, 6.45) is 0.606. The van der Waals surface area contributed by atoms with Gasteiger partial charge in [0.25, 0.3) is 5.91 Å². The van der Waals surface area contributed by atoms with E-state index in [9.17, 15) is 9.59 Å². The molecule has 0 unspecified atom stereocenters. The molecule has 6 nitrogen and oxygen atoms in total. The van der Waals surface area contributed by atoms with E-state index in [-0.39, 0.29) is 18.4 Å². The molecule has 1 saturated heterocycles. The predicted octanol–water partition coefficient (Wildman–Crippen LogP) is 4.05. The molecule has 0 aliphatic carbocycles. The molecular weight excluding hydrogens is 402 g/mol. The number of anilines is 2. The number of amides is 2. The summed E-state index contributed by atoms with van der Waals surface area (Å²) in [6, 6.07) is 14.8. The number of nitrogens with one attached hydrogen (secondary N) is 1. The van der Waals surface area contributed by atoms with Gasteiger partial charge < -0.3 is 19.9 Å². The first kappa shape index (κ1) is 22.0. The zero-order valence-corrected chi connectivity index (χ0v) is 18.2. The second kappa shape index (κ2) is 10.3. The van der Waals surface area contributed by atoms with Crippen LogP contribution in [0.2, 0.25) is 5.02 Å². The molecule has 0 aromatic heterocycles. The molecule has 0 saturated carbocycles. The Hall–Kier alpha value is -2.73. The average Bonchev–Trinajstić information content (AvgIpc) is 2.73. The summed E-state index contributed by atoms with van der Waals surface area (Å²) in [6.45, 7) is 7.11. The van der Waals surface area contributed by atoms with Gasteiger partial charge in [0.05, 0.1) is 5.02 Å². The Bertz CT molecular complexity index is 862. The molecule has 1 N–H and O–H groups in total. The molecule has 1 aliphatic heterocycles. The van der Waals surface area contributed by atoms with Crippen LogP contribution in [-0.2, 0) is 9.59 Å². The van der Waals surface area contributed by atoms with Gasteiger partial charge in [0.1, 0.15) is 5.75 Å². The standard InChI is InChI=1S/C23H28ClN3O3/c1-17(2)15-23(29)27-13-11-26(12-14-27)19-9-7-18(8-10-19)25-22(28)16-30-21-6-4-3-5-20(21)24/h3-10,17H,11-16H2,1-2H3,(H,25,28). The first-order chi connectivity index (χ1) is 14.4. The van der Waals surface area contributed by atoms with Crippen molar-refractivity contribution in [3.8, 4) is 5.75 Å². The van der Waals surface area contributed by atoms with Gasteiger partial charge in [-0.05, 0) is 42.3 Å². The molecule has 0 radical (unpaired) electrons. The Morgan fingerprint density at radius 1 is 1.03 bits per heavy atom. The lowest BCUT2D eigenvalue weighted by molar-refractivity contribution is -0.132. The van der Waals surface area contributed by atoms with Crippen LogP contribution in [0.25, 0.3) is 0 Å². The molecular formula is C23H28ClN3O3. The van der Waals surface area contributed by atoms with Gasteiger partial charge in [0.2, 0.25) is 5.91 Å². The summed E-state index contributed by atoms with van der Waals surface area (Å²) in [5, 5.41) is 3.30. The van der Waals surface area contributed by atoms with E-state index in [4.69, 9.17) is 16.3 Å². The molecule has 1 fully saturated rings. The third-order valence-electron chi connectivity index (χ3n) is 4.93. The van der Waals surface area contributed by atoms with E-state index in [2.05, 4.69) is 24.1 Å². The monoisotopic (exact) mass is 429 g/mol. The van der Waals surface area contributed by atoms with Crippen molar-refractivity contribution in [3.63, 3.8) is 0 Å². The van der Waals surface area contributed by atoms with Crippen LogP contribution >= 0.6 is 11.6 Å². The van der Waals surface area contributed by atoms with E-state index >= 15 is 0 Å². The molecule has 1 heterocycles. The number of ether oxygens (including phenoxy) is 1. The quantitative estimate of drug-likeness (QED) is 0.721. The summed E-state index contributed by atoms with van der Waals surface area (Å²) in [5.41, 5.74) is 1.79. The van der Waals surface area contributed by atoms with Crippen LogP contribution in [0.3, 0.4) is 0 Å². The number of carbonyl (C=O) groups excluding carboxylic acids is 2. The predicted molar refractivity (Wildman–Crippen MR) is 120 cm³/mol. The lowest BCUT2D eigenvalue weighted by Crippen LogP contribution is -2.49. The molecule has 0 atom stereocenters. The van der Waals surface area contributed by atoms with E-state index in [0.717, 1.165) is 31.9 Å². The van der Waals surface area contributed by atoms with Crippen LogP contribution in [0.15, 0.2) is 48.5 Å². The number of hydrogen-bond acceptors (Lipinski definition) is 4. The molecule has 2 aromatic carbocycles. The summed E-state index contributed by atoms with van der Waals surface area (Å²) < 4.78 is 5.46. The molecule has 0 bridgehead atoms. The van der Waals surface area contributed by atoms with Gasteiger partial charge in [-0.1, -0.05) is 37.6 Å². The molecule has 1 aliphatic rings. The van der Waals surface area contributed by atoms with E-state index in [1.165, 1.54) is 0 Å². The van der Waals surface area contributed by atoms with Crippen molar-refractivity contribution in [2.24, 2.45) is 5.92 Å². The molecule has 30 heavy (non-hydrogen) atoms. The van der Waals surface area contributed by atoms with Gasteiger partial charge in [-0.25, -0.2) is 0 Å².